The second-order valence-corrected chi connectivity index (χ2v) is 7.60. The number of likely N-dealkylation sites (tertiary alicyclic amines) is 1. The highest BCUT2D eigenvalue weighted by atomic mass is 32.1. The first-order valence-corrected chi connectivity index (χ1v) is 9.19. The number of likely N-dealkylation sites (N-methyl/N-ethyl adjacent to an activating group) is 1. The van der Waals surface area contributed by atoms with Crippen LogP contribution in [0.5, 0.6) is 0 Å². The Bertz CT molecular complexity index is 848. The average molecular weight is 374 g/mol. The van der Waals surface area contributed by atoms with E-state index in [0.29, 0.717) is 30.0 Å². The van der Waals surface area contributed by atoms with Gasteiger partial charge in [0.15, 0.2) is 0 Å². The molecular formula is C18H22N4O3S. The molecule has 2 aromatic rings. The van der Waals surface area contributed by atoms with Crippen molar-refractivity contribution in [2.45, 2.75) is 19.9 Å². The van der Waals surface area contributed by atoms with Gasteiger partial charge in [0.1, 0.15) is 5.76 Å². The van der Waals surface area contributed by atoms with E-state index in [1.165, 1.54) is 11.3 Å². The number of rotatable bonds is 5. The minimum absolute atomic E-state index is 0.129. The zero-order chi connectivity index (χ0) is 19.0. The molecule has 3 heterocycles. The molecular weight excluding hydrogens is 352 g/mol. The molecule has 138 valence electrons. The number of hydrogen-bond acceptors (Lipinski definition) is 6. The lowest BCUT2D eigenvalue weighted by molar-refractivity contribution is -0.140. The fourth-order valence-corrected chi connectivity index (χ4v) is 4.04. The van der Waals surface area contributed by atoms with Gasteiger partial charge in [-0.3, -0.25) is 14.7 Å². The first-order valence-electron chi connectivity index (χ1n) is 8.31. The van der Waals surface area contributed by atoms with E-state index in [9.17, 15) is 14.7 Å². The molecule has 1 fully saturated rings. The van der Waals surface area contributed by atoms with E-state index in [2.05, 4.69) is 10.2 Å². The Morgan fingerprint density at radius 3 is 2.65 bits per heavy atom. The molecule has 0 bridgehead atoms. The molecule has 0 radical (unpaired) electrons. The number of aliphatic hydroxyl groups is 1. The van der Waals surface area contributed by atoms with Gasteiger partial charge in [-0.15, -0.1) is 11.3 Å². The minimum Gasteiger partial charge on any atom is -0.507 e. The summed E-state index contributed by atoms with van der Waals surface area (Å²) in [4.78, 5) is 29.8. The highest BCUT2D eigenvalue weighted by Gasteiger charge is 2.46. The summed E-state index contributed by atoms with van der Waals surface area (Å²) in [6.07, 6.45) is 0. The lowest BCUT2D eigenvalue weighted by Gasteiger charge is -2.25. The Balaban J connectivity index is 2.14. The molecule has 1 unspecified atom stereocenters. The van der Waals surface area contributed by atoms with Crippen LogP contribution in [-0.2, 0) is 9.59 Å². The van der Waals surface area contributed by atoms with Crippen molar-refractivity contribution < 1.29 is 14.7 Å². The summed E-state index contributed by atoms with van der Waals surface area (Å²) >= 11 is 1.46. The summed E-state index contributed by atoms with van der Waals surface area (Å²) < 4.78 is 0. The maximum absolute atomic E-state index is 12.8. The number of carbonyl (C=O) groups excluding carboxylic acids is 2. The number of hydrogen-bond donors (Lipinski definition) is 2. The third-order valence-corrected chi connectivity index (χ3v) is 5.43. The maximum Gasteiger partial charge on any atom is 0.295 e. The Kier molecular flexibility index (Phi) is 4.97. The highest BCUT2D eigenvalue weighted by Crippen LogP contribution is 2.41. The van der Waals surface area contributed by atoms with E-state index in [1.54, 1.807) is 18.7 Å². The molecule has 2 aromatic heterocycles. The third-order valence-electron chi connectivity index (χ3n) is 4.51. The van der Waals surface area contributed by atoms with E-state index >= 15 is 0 Å². The molecule has 1 amide bonds. The van der Waals surface area contributed by atoms with Crippen LogP contribution < -0.4 is 0 Å². The molecule has 8 heteroatoms. The maximum atomic E-state index is 12.8. The fraction of sp³-hybridized carbons (Fsp3) is 0.389. The lowest BCUT2D eigenvalue weighted by Crippen LogP contribution is -2.35. The van der Waals surface area contributed by atoms with Crippen molar-refractivity contribution in [2.24, 2.45) is 0 Å². The zero-order valence-corrected chi connectivity index (χ0v) is 16.1. The standard InChI is InChI=1S/C18H22N4O3S/c1-10-13(11(2)20-19-10)16(23)14-15(12-6-5-9-26-12)22(8-7-21(3)4)18(25)17(14)24/h5-6,9,15,23H,7-8H2,1-4H3,(H,19,20)/b16-14+. The number of carbonyl (C=O) groups is 2. The van der Waals surface area contributed by atoms with Gasteiger partial charge in [-0.2, -0.15) is 5.10 Å². The highest BCUT2D eigenvalue weighted by molar-refractivity contribution is 7.10. The van der Waals surface area contributed by atoms with Crippen molar-refractivity contribution in [3.8, 4) is 0 Å². The van der Waals surface area contributed by atoms with Gasteiger partial charge in [0.2, 0.25) is 0 Å². The Morgan fingerprint density at radius 2 is 2.12 bits per heavy atom. The number of ketones is 1. The number of aromatic nitrogens is 2. The number of aromatic amines is 1. The number of H-pyrrole nitrogens is 1. The molecule has 0 aliphatic carbocycles. The topological polar surface area (TPSA) is 89.5 Å². The number of aryl methyl sites for hydroxylation is 2. The van der Waals surface area contributed by atoms with E-state index in [-0.39, 0.29) is 11.3 Å². The van der Waals surface area contributed by atoms with Crippen LogP contribution in [0.15, 0.2) is 23.1 Å². The van der Waals surface area contributed by atoms with Crippen molar-refractivity contribution in [3.05, 3.63) is 44.9 Å². The fourth-order valence-electron chi connectivity index (χ4n) is 3.20. The van der Waals surface area contributed by atoms with Crippen LogP contribution in [0.25, 0.3) is 5.76 Å². The smallest absolute Gasteiger partial charge is 0.295 e. The summed E-state index contributed by atoms with van der Waals surface area (Å²) in [6, 6.07) is 3.18. The Morgan fingerprint density at radius 1 is 1.38 bits per heavy atom. The largest absolute Gasteiger partial charge is 0.507 e. The van der Waals surface area contributed by atoms with Crippen LogP contribution in [0, 0.1) is 13.8 Å². The van der Waals surface area contributed by atoms with E-state index in [4.69, 9.17) is 0 Å². The number of nitrogens with one attached hydrogen (secondary N) is 1. The number of thiophene rings is 1. The third kappa shape index (κ3) is 3.06. The molecule has 1 atom stereocenters. The SMILES string of the molecule is Cc1n[nH]c(C)c1/C(O)=C1\C(=O)C(=O)N(CCN(C)C)C1c1cccs1. The molecule has 0 spiro atoms. The van der Waals surface area contributed by atoms with Gasteiger partial charge in [-0.25, -0.2) is 0 Å². The molecule has 1 aliphatic rings. The normalized spacial score (nSPS) is 19.7. The van der Waals surface area contributed by atoms with Crippen LogP contribution in [-0.4, -0.2) is 64.0 Å². The minimum atomic E-state index is -0.653. The van der Waals surface area contributed by atoms with Gasteiger partial charge in [0, 0.05) is 23.7 Å². The lowest BCUT2D eigenvalue weighted by atomic mass is 9.99. The second kappa shape index (κ2) is 7.05. The second-order valence-electron chi connectivity index (χ2n) is 6.62. The summed E-state index contributed by atoms with van der Waals surface area (Å²) in [7, 11) is 3.82. The first kappa shape index (κ1) is 18.3. The van der Waals surface area contributed by atoms with Crippen molar-refractivity contribution in [2.75, 3.05) is 27.2 Å². The van der Waals surface area contributed by atoms with Gasteiger partial charge in [0.25, 0.3) is 11.7 Å². The van der Waals surface area contributed by atoms with E-state index in [0.717, 1.165) is 4.88 Å². The van der Waals surface area contributed by atoms with Crippen LogP contribution in [0.3, 0.4) is 0 Å². The van der Waals surface area contributed by atoms with Crippen molar-refractivity contribution >= 4 is 28.8 Å². The number of amides is 1. The summed E-state index contributed by atoms with van der Waals surface area (Å²) in [5, 5.41) is 19.7. The molecule has 26 heavy (non-hydrogen) atoms. The van der Waals surface area contributed by atoms with Gasteiger partial charge in [-0.05, 0) is 39.4 Å². The molecule has 3 rings (SSSR count). The predicted octanol–water partition coefficient (Wildman–Crippen LogP) is 2.07. The number of nitrogens with zero attached hydrogens (tertiary/aromatic N) is 3. The van der Waals surface area contributed by atoms with Crippen LogP contribution in [0.1, 0.15) is 27.9 Å². The van der Waals surface area contributed by atoms with E-state index in [1.807, 2.05) is 36.5 Å². The molecule has 1 aliphatic heterocycles. The van der Waals surface area contributed by atoms with Gasteiger partial charge < -0.3 is 14.9 Å². The quantitative estimate of drug-likeness (QED) is 0.475. The summed E-state index contributed by atoms with van der Waals surface area (Å²) in [5.41, 5.74) is 1.86. The average Bonchev–Trinajstić information content (AvgIpc) is 3.27. The van der Waals surface area contributed by atoms with Gasteiger partial charge in [0.05, 0.1) is 22.9 Å². The van der Waals surface area contributed by atoms with Crippen molar-refractivity contribution in [1.29, 1.82) is 0 Å². The van der Waals surface area contributed by atoms with E-state index < -0.39 is 17.7 Å². The van der Waals surface area contributed by atoms with Gasteiger partial charge >= 0.3 is 0 Å². The summed E-state index contributed by atoms with van der Waals surface area (Å²) in [5.74, 6) is -1.40. The van der Waals surface area contributed by atoms with Crippen LogP contribution in [0.2, 0.25) is 0 Å². The number of Topliss-reactive ketones (excluding diaryl/α,β-unsaturated/α-hetero) is 1. The molecule has 7 nitrogen and oxygen atoms in total. The molecule has 1 saturated heterocycles. The number of aliphatic hydroxyl groups excluding tert-OH is 1. The Hall–Kier alpha value is -2.45. The molecule has 0 aromatic carbocycles. The zero-order valence-electron chi connectivity index (χ0n) is 15.2. The predicted molar refractivity (Wildman–Crippen MR) is 99.9 cm³/mol. The molecule has 0 saturated carbocycles. The summed E-state index contributed by atoms with van der Waals surface area (Å²) in [6.45, 7) is 4.55. The Labute approximate surface area is 155 Å². The van der Waals surface area contributed by atoms with Crippen molar-refractivity contribution in [3.63, 3.8) is 0 Å². The van der Waals surface area contributed by atoms with Crippen LogP contribution in [0.4, 0.5) is 0 Å². The van der Waals surface area contributed by atoms with Crippen molar-refractivity contribution in [1.82, 2.24) is 20.0 Å². The van der Waals surface area contributed by atoms with Crippen LogP contribution >= 0.6 is 11.3 Å². The monoisotopic (exact) mass is 374 g/mol. The van der Waals surface area contributed by atoms with Gasteiger partial charge in [-0.1, -0.05) is 6.07 Å². The first-order chi connectivity index (χ1) is 12.3. The molecule has 2 N–H and O–H groups in total.